The second-order valence-corrected chi connectivity index (χ2v) is 4.49. The molecular weight excluding hydrogens is 233 g/mol. The first kappa shape index (κ1) is 12.4. The first-order valence-corrected chi connectivity index (χ1v) is 5.83. The highest BCUT2D eigenvalue weighted by atomic mass is 19.1. The molecule has 1 N–H and O–H groups in total. The summed E-state index contributed by atoms with van der Waals surface area (Å²) < 4.78 is 13.1. The van der Waals surface area contributed by atoms with Crippen LogP contribution in [0.25, 0.3) is 0 Å². The second kappa shape index (κ2) is 5.09. The van der Waals surface area contributed by atoms with Crippen molar-refractivity contribution >= 4 is 11.7 Å². The minimum Gasteiger partial charge on any atom is -0.478 e. The minimum atomic E-state index is -1.14. The summed E-state index contributed by atoms with van der Waals surface area (Å²) in [7, 11) is 0. The van der Waals surface area contributed by atoms with Crippen molar-refractivity contribution in [2.45, 2.75) is 12.8 Å². The van der Waals surface area contributed by atoms with Crippen molar-refractivity contribution in [2.24, 2.45) is 5.92 Å². The number of rotatable bonds is 5. The number of carboxylic acid groups (broad SMARTS) is 1. The summed E-state index contributed by atoms with van der Waals surface area (Å²) in [6.07, 6.45) is 7.59. The van der Waals surface area contributed by atoms with Crippen molar-refractivity contribution in [1.29, 1.82) is 0 Å². The molecule has 1 aliphatic carbocycles. The van der Waals surface area contributed by atoms with E-state index < -0.39 is 11.8 Å². The molecule has 0 saturated heterocycles. The van der Waals surface area contributed by atoms with Crippen LogP contribution in [0.5, 0.6) is 0 Å². The third-order valence-corrected chi connectivity index (χ3v) is 2.99. The molecule has 1 aliphatic rings. The fourth-order valence-corrected chi connectivity index (χ4v) is 1.93. The molecular formula is C14H14FNO2. The fourth-order valence-electron chi connectivity index (χ4n) is 1.93. The van der Waals surface area contributed by atoms with Crippen molar-refractivity contribution in [2.75, 3.05) is 18.0 Å². The predicted octanol–water partition coefficient (Wildman–Crippen LogP) is 2.37. The molecule has 1 saturated carbocycles. The van der Waals surface area contributed by atoms with Gasteiger partial charge in [-0.15, -0.1) is 6.42 Å². The quantitative estimate of drug-likeness (QED) is 0.812. The first-order valence-electron chi connectivity index (χ1n) is 5.83. The standard InChI is InChI=1S/C14H14FNO2/c1-2-7-16(9-10-3-4-10)13-6-5-11(15)8-12(13)14(17)18/h1,5-6,8,10H,3-4,7,9H2,(H,17,18). The average molecular weight is 247 g/mol. The van der Waals surface area contributed by atoms with Crippen LogP contribution in [0.2, 0.25) is 0 Å². The summed E-state index contributed by atoms with van der Waals surface area (Å²) in [4.78, 5) is 13.0. The van der Waals surface area contributed by atoms with E-state index in [-0.39, 0.29) is 5.56 Å². The molecule has 1 aromatic carbocycles. The second-order valence-electron chi connectivity index (χ2n) is 4.49. The van der Waals surface area contributed by atoms with Crippen LogP contribution < -0.4 is 4.90 Å². The van der Waals surface area contributed by atoms with Gasteiger partial charge in [-0.3, -0.25) is 0 Å². The molecule has 0 unspecified atom stereocenters. The Balaban J connectivity index is 2.32. The van der Waals surface area contributed by atoms with Crippen molar-refractivity contribution < 1.29 is 14.3 Å². The van der Waals surface area contributed by atoms with E-state index in [9.17, 15) is 9.18 Å². The Morgan fingerprint density at radius 3 is 2.83 bits per heavy atom. The topological polar surface area (TPSA) is 40.5 Å². The summed E-state index contributed by atoms with van der Waals surface area (Å²) in [6, 6.07) is 3.78. The predicted molar refractivity (Wildman–Crippen MR) is 67.1 cm³/mol. The number of benzene rings is 1. The normalized spacial score (nSPS) is 14.0. The van der Waals surface area contributed by atoms with Crippen LogP contribution in [0.3, 0.4) is 0 Å². The Morgan fingerprint density at radius 1 is 1.56 bits per heavy atom. The van der Waals surface area contributed by atoms with Gasteiger partial charge in [0.05, 0.1) is 17.8 Å². The van der Waals surface area contributed by atoms with E-state index in [1.54, 1.807) is 0 Å². The van der Waals surface area contributed by atoms with E-state index in [0.29, 0.717) is 18.2 Å². The number of halogens is 1. The summed E-state index contributed by atoms with van der Waals surface area (Å²) in [6.45, 7) is 1.07. The number of carboxylic acids is 1. The van der Waals surface area contributed by atoms with Gasteiger partial charge in [0.15, 0.2) is 0 Å². The molecule has 4 heteroatoms. The molecule has 0 amide bonds. The number of hydrogen-bond donors (Lipinski definition) is 1. The van der Waals surface area contributed by atoms with Gasteiger partial charge in [-0.25, -0.2) is 9.18 Å². The van der Waals surface area contributed by atoms with Crippen molar-refractivity contribution in [3.63, 3.8) is 0 Å². The highest BCUT2D eigenvalue weighted by Gasteiger charge is 2.26. The number of aromatic carboxylic acids is 1. The molecule has 94 valence electrons. The Labute approximate surface area is 105 Å². The zero-order valence-corrected chi connectivity index (χ0v) is 9.90. The average Bonchev–Trinajstić information content (AvgIpc) is 3.12. The smallest absolute Gasteiger partial charge is 0.337 e. The molecule has 0 heterocycles. The highest BCUT2D eigenvalue weighted by molar-refractivity contribution is 5.94. The molecule has 18 heavy (non-hydrogen) atoms. The van der Waals surface area contributed by atoms with E-state index in [2.05, 4.69) is 5.92 Å². The zero-order valence-electron chi connectivity index (χ0n) is 9.90. The lowest BCUT2D eigenvalue weighted by molar-refractivity contribution is 0.0697. The Morgan fingerprint density at radius 2 is 2.28 bits per heavy atom. The first-order chi connectivity index (χ1) is 8.61. The van der Waals surface area contributed by atoms with Gasteiger partial charge in [0.1, 0.15) is 5.82 Å². The van der Waals surface area contributed by atoms with Crippen LogP contribution >= 0.6 is 0 Å². The SMILES string of the molecule is C#CCN(CC1CC1)c1ccc(F)cc1C(=O)O. The van der Waals surface area contributed by atoms with Crippen LogP contribution in [-0.4, -0.2) is 24.2 Å². The van der Waals surface area contributed by atoms with Gasteiger partial charge in [-0.1, -0.05) is 5.92 Å². The summed E-state index contributed by atoms with van der Waals surface area (Å²) in [5, 5.41) is 9.11. The number of nitrogens with zero attached hydrogens (tertiary/aromatic N) is 1. The van der Waals surface area contributed by atoms with Gasteiger partial charge < -0.3 is 10.0 Å². The van der Waals surface area contributed by atoms with Crippen LogP contribution in [-0.2, 0) is 0 Å². The third-order valence-electron chi connectivity index (χ3n) is 2.99. The van der Waals surface area contributed by atoms with Crippen LogP contribution in [0.1, 0.15) is 23.2 Å². The molecule has 1 fully saturated rings. The highest BCUT2D eigenvalue weighted by Crippen LogP contribution is 2.32. The molecule has 2 rings (SSSR count). The van der Waals surface area contributed by atoms with Crippen LogP contribution in [0.15, 0.2) is 18.2 Å². The van der Waals surface area contributed by atoms with Gasteiger partial charge in [0, 0.05) is 6.54 Å². The minimum absolute atomic E-state index is 0.0362. The largest absolute Gasteiger partial charge is 0.478 e. The molecule has 3 nitrogen and oxygen atoms in total. The zero-order chi connectivity index (χ0) is 13.1. The van der Waals surface area contributed by atoms with Gasteiger partial charge in [0.2, 0.25) is 0 Å². The summed E-state index contributed by atoms with van der Waals surface area (Å²) in [5.41, 5.74) is 0.458. The maximum atomic E-state index is 13.1. The number of anilines is 1. The Bertz CT molecular complexity index is 503. The van der Waals surface area contributed by atoms with E-state index in [4.69, 9.17) is 11.5 Å². The van der Waals surface area contributed by atoms with Gasteiger partial charge in [0.25, 0.3) is 0 Å². The third kappa shape index (κ3) is 2.80. The molecule has 0 radical (unpaired) electrons. The summed E-state index contributed by atoms with van der Waals surface area (Å²) in [5.74, 6) is 1.40. The van der Waals surface area contributed by atoms with Crippen molar-refractivity contribution in [3.8, 4) is 12.3 Å². The maximum Gasteiger partial charge on any atom is 0.337 e. The van der Waals surface area contributed by atoms with E-state index in [1.807, 2.05) is 4.90 Å². The fraction of sp³-hybridized carbons (Fsp3) is 0.357. The number of terminal acetylenes is 1. The van der Waals surface area contributed by atoms with Gasteiger partial charge in [-0.2, -0.15) is 0 Å². The Kier molecular flexibility index (Phi) is 3.52. The number of hydrogen-bond acceptors (Lipinski definition) is 2. The maximum absolute atomic E-state index is 13.1. The van der Waals surface area contributed by atoms with Crippen LogP contribution in [0.4, 0.5) is 10.1 Å². The lowest BCUT2D eigenvalue weighted by Crippen LogP contribution is -2.27. The summed E-state index contributed by atoms with van der Waals surface area (Å²) >= 11 is 0. The molecule has 0 bridgehead atoms. The molecule has 1 aromatic rings. The Hall–Kier alpha value is -2.02. The molecule has 0 spiro atoms. The van der Waals surface area contributed by atoms with Gasteiger partial charge >= 0.3 is 5.97 Å². The number of carbonyl (C=O) groups is 1. The molecule has 0 aliphatic heterocycles. The van der Waals surface area contributed by atoms with E-state index >= 15 is 0 Å². The lowest BCUT2D eigenvalue weighted by Gasteiger charge is -2.24. The monoisotopic (exact) mass is 247 g/mol. The van der Waals surface area contributed by atoms with Crippen LogP contribution in [0, 0.1) is 24.1 Å². The van der Waals surface area contributed by atoms with Crippen molar-refractivity contribution in [1.82, 2.24) is 0 Å². The lowest BCUT2D eigenvalue weighted by atomic mass is 10.1. The van der Waals surface area contributed by atoms with E-state index in [0.717, 1.165) is 25.5 Å². The molecule has 0 aromatic heterocycles. The molecule has 0 atom stereocenters. The van der Waals surface area contributed by atoms with Gasteiger partial charge in [-0.05, 0) is 37.0 Å². The van der Waals surface area contributed by atoms with Crippen molar-refractivity contribution in [3.05, 3.63) is 29.6 Å². The van der Waals surface area contributed by atoms with E-state index in [1.165, 1.54) is 12.1 Å².